The summed E-state index contributed by atoms with van der Waals surface area (Å²) in [7, 11) is 0. The first-order valence-corrected chi connectivity index (χ1v) is 6.98. The Labute approximate surface area is 119 Å². The van der Waals surface area contributed by atoms with Gasteiger partial charge in [-0.15, -0.1) is 0 Å². The number of carboxylic acids is 1. The topological polar surface area (TPSA) is 57.6 Å². The molecule has 4 nitrogen and oxygen atoms in total. The number of nitrogens with zero attached hydrogens (tertiary/aromatic N) is 1. The summed E-state index contributed by atoms with van der Waals surface area (Å²) >= 11 is 0. The van der Waals surface area contributed by atoms with Gasteiger partial charge < -0.3 is 10.0 Å². The Hall–Kier alpha value is -1.84. The zero-order valence-electron chi connectivity index (χ0n) is 12.0. The summed E-state index contributed by atoms with van der Waals surface area (Å²) in [5, 5.41) is 9.19. The van der Waals surface area contributed by atoms with Crippen molar-refractivity contribution in [1.29, 1.82) is 0 Å². The van der Waals surface area contributed by atoms with E-state index in [4.69, 9.17) is 0 Å². The van der Waals surface area contributed by atoms with E-state index in [1.165, 1.54) is 0 Å². The molecule has 2 unspecified atom stereocenters. The number of carboxylic acid groups (broad SMARTS) is 1. The first-order valence-electron chi connectivity index (χ1n) is 6.98. The van der Waals surface area contributed by atoms with Gasteiger partial charge in [0.15, 0.2) is 0 Å². The van der Waals surface area contributed by atoms with Crippen LogP contribution in [0.4, 0.5) is 0 Å². The Morgan fingerprint density at radius 1 is 1.35 bits per heavy atom. The maximum absolute atomic E-state index is 12.3. The maximum atomic E-state index is 12.3. The lowest BCUT2D eigenvalue weighted by molar-refractivity contribution is -0.147. The smallest absolute Gasteiger partial charge is 0.311 e. The van der Waals surface area contributed by atoms with Crippen LogP contribution in [0.3, 0.4) is 0 Å². The van der Waals surface area contributed by atoms with E-state index < -0.39 is 11.4 Å². The van der Waals surface area contributed by atoms with Crippen molar-refractivity contribution in [1.82, 2.24) is 4.90 Å². The summed E-state index contributed by atoms with van der Waals surface area (Å²) < 4.78 is 0. The number of hydrogen-bond donors (Lipinski definition) is 1. The van der Waals surface area contributed by atoms with Crippen LogP contribution in [0.25, 0.3) is 0 Å². The van der Waals surface area contributed by atoms with Gasteiger partial charge in [0, 0.05) is 19.5 Å². The Morgan fingerprint density at radius 2 is 2.00 bits per heavy atom. The van der Waals surface area contributed by atoms with E-state index in [1.54, 1.807) is 11.8 Å². The van der Waals surface area contributed by atoms with Crippen LogP contribution in [0.5, 0.6) is 0 Å². The number of carbonyl (C=O) groups excluding carboxylic acids is 1. The van der Waals surface area contributed by atoms with E-state index >= 15 is 0 Å². The van der Waals surface area contributed by atoms with E-state index in [9.17, 15) is 14.7 Å². The third-order valence-corrected chi connectivity index (χ3v) is 4.19. The molecule has 0 saturated carbocycles. The largest absolute Gasteiger partial charge is 0.481 e. The predicted octanol–water partition coefficient (Wildman–Crippen LogP) is 2.50. The van der Waals surface area contributed by atoms with E-state index in [0.29, 0.717) is 25.9 Å². The average molecular weight is 275 g/mol. The van der Waals surface area contributed by atoms with Crippen LogP contribution in [-0.4, -0.2) is 35.0 Å². The molecule has 0 aromatic heterocycles. The highest BCUT2D eigenvalue weighted by molar-refractivity contribution is 5.81. The molecular formula is C16H21NO3. The SMILES string of the molecule is CC(CC(=O)N1CCC(C)(C(=O)O)C1)c1ccccc1. The van der Waals surface area contributed by atoms with Crippen LogP contribution in [0.1, 0.15) is 38.2 Å². The van der Waals surface area contributed by atoms with Crippen molar-refractivity contribution in [3.8, 4) is 0 Å². The molecule has 1 aromatic rings. The van der Waals surface area contributed by atoms with Crippen molar-refractivity contribution in [2.45, 2.75) is 32.6 Å². The van der Waals surface area contributed by atoms with Crippen molar-refractivity contribution >= 4 is 11.9 Å². The maximum Gasteiger partial charge on any atom is 0.311 e. The molecule has 1 saturated heterocycles. The van der Waals surface area contributed by atoms with Gasteiger partial charge in [-0.1, -0.05) is 37.3 Å². The first-order chi connectivity index (χ1) is 9.42. The molecule has 1 fully saturated rings. The fraction of sp³-hybridized carbons (Fsp3) is 0.500. The lowest BCUT2D eigenvalue weighted by atomic mass is 9.90. The molecule has 1 amide bonds. The minimum atomic E-state index is -0.816. The highest BCUT2D eigenvalue weighted by Gasteiger charge is 2.42. The molecule has 0 radical (unpaired) electrons. The number of rotatable bonds is 4. The molecule has 4 heteroatoms. The van der Waals surface area contributed by atoms with Crippen LogP contribution >= 0.6 is 0 Å². The first kappa shape index (κ1) is 14.6. The second-order valence-electron chi connectivity index (χ2n) is 5.95. The molecule has 2 rings (SSSR count). The summed E-state index contributed by atoms with van der Waals surface area (Å²) in [6.07, 6.45) is 0.966. The summed E-state index contributed by atoms with van der Waals surface area (Å²) in [5.74, 6) is -0.615. The van der Waals surface area contributed by atoms with Crippen LogP contribution in [-0.2, 0) is 9.59 Å². The number of likely N-dealkylation sites (tertiary alicyclic amines) is 1. The molecule has 1 aliphatic heterocycles. The van der Waals surface area contributed by atoms with E-state index in [1.807, 2.05) is 37.3 Å². The number of hydrogen-bond acceptors (Lipinski definition) is 2. The van der Waals surface area contributed by atoms with Gasteiger partial charge in [0.1, 0.15) is 0 Å². The normalized spacial score (nSPS) is 23.6. The lowest BCUT2D eigenvalue weighted by Gasteiger charge is -2.21. The van der Waals surface area contributed by atoms with Gasteiger partial charge in [-0.05, 0) is 24.8 Å². The predicted molar refractivity (Wildman–Crippen MR) is 76.4 cm³/mol. The molecule has 0 spiro atoms. The van der Waals surface area contributed by atoms with Gasteiger partial charge in [0.25, 0.3) is 0 Å². The van der Waals surface area contributed by atoms with Crippen LogP contribution in [0.15, 0.2) is 30.3 Å². The zero-order chi connectivity index (χ0) is 14.8. The number of aliphatic carboxylic acids is 1. The zero-order valence-corrected chi connectivity index (χ0v) is 12.0. The molecule has 20 heavy (non-hydrogen) atoms. The van der Waals surface area contributed by atoms with Gasteiger partial charge in [-0.3, -0.25) is 9.59 Å². The second-order valence-corrected chi connectivity index (χ2v) is 5.95. The monoisotopic (exact) mass is 275 g/mol. The van der Waals surface area contributed by atoms with E-state index in [-0.39, 0.29) is 11.8 Å². The van der Waals surface area contributed by atoms with Crippen LogP contribution in [0, 0.1) is 5.41 Å². The standard InChI is InChI=1S/C16H21NO3/c1-12(13-6-4-3-5-7-13)10-14(18)17-9-8-16(2,11-17)15(19)20/h3-7,12H,8-11H2,1-2H3,(H,19,20). The van der Waals surface area contributed by atoms with Gasteiger partial charge >= 0.3 is 5.97 Å². The fourth-order valence-corrected chi connectivity index (χ4v) is 2.64. The molecule has 1 N–H and O–H groups in total. The number of amides is 1. The van der Waals surface area contributed by atoms with Crippen LogP contribution < -0.4 is 0 Å². The summed E-state index contributed by atoms with van der Waals surface area (Å²) in [6.45, 7) is 4.61. The molecule has 1 aliphatic rings. The van der Waals surface area contributed by atoms with Crippen molar-refractivity contribution in [2.75, 3.05) is 13.1 Å². The quantitative estimate of drug-likeness (QED) is 0.918. The van der Waals surface area contributed by atoms with E-state index in [0.717, 1.165) is 5.56 Å². The molecule has 1 aromatic carbocycles. The Kier molecular flexibility index (Phi) is 4.12. The summed E-state index contributed by atoms with van der Waals surface area (Å²) in [5.41, 5.74) is 0.354. The molecule has 0 bridgehead atoms. The fourth-order valence-electron chi connectivity index (χ4n) is 2.64. The van der Waals surface area contributed by atoms with Crippen molar-refractivity contribution in [3.05, 3.63) is 35.9 Å². The summed E-state index contributed by atoms with van der Waals surface area (Å²) in [4.78, 5) is 25.2. The molecular weight excluding hydrogens is 254 g/mol. The second kappa shape index (κ2) is 5.65. The summed E-state index contributed by atoms with van der Waals surface area (Å²) in [6, 6.07) is 9.92. The minimum absolute atomic E-state index is 0.0475. The van der Waals surface area contributed by atoms with Gasteiger partial charge in [0.05, 0.1) is 5.41 Å². The third-order valence-electron chi connectivity index (χ3n) is 4.19. The van der Waals surface area contributed by atoms with E-state index in [2.05, 4.69) is 0 Å². The van der Waals surface area contributed by atoms with Gasteiger partial charge in [-0.25, -0.2) is 0 Å². The van der Waals surface area contributed by atoms with Crippen LogP contribution in [0.2, 0.25) is 0 Å². The van der Waals surface area contributed by atoms with Crippen molar-refractivity contribution in [3.63, 3.8) is 0 Å². The molecule has 2 atom stereocenters. The van der Waals surface area contributed by atoms with Crippen molar-refractivity contribution in [2.24, 2.45) is 5.41 Å². The minimum Gasteiger partial charge on any atom is -0.481 e. The third kappa shape index (κ3) is 3.00. The number of carbonyl (C=O) groups is 2. The molecule has 108 valence electrons. The molecule has 0 aliphatic carbocycles. The highest BCUT2D eigenvalue weighted by atomic mass is 16.4. The Balaban J connectivity index is 1.95. The lowest BCUT2D eigenvalue weighted by Crippen LogP contribution is -2.35. The average Bonchev–Trinajstić information content (AvgIpc) is 2.84. The Morgan fingerprint density at radius 3 is 2.55 bits per heavy atom. The van der Waals surface area contributed by atoms with Crippen molar-refractivity contribution < 1.29 is 14.7 Å². The van der Waals surface area contributed by atoms with Gasteiger partial charge in [-0.2, -0.15) is 0 Å². The molecule has 1 heterocycles. The Bertz CT molecular complexity index is 500. The number of benzene rings is 1. The highest BCUT2D eigenvalue weighted by Crippen LogP contribution is 2.31. The van der Waals surface area contributed by atoms with Gasteiger partial charge in [0.2, 0.25) is 5.91 Å².